The lowest BCUT2D eigenvalue weighted by Crippen LogP contribution is -2.36. The molecule has 0 saturated heterocycles. The fourth-order valence-electron chi connectivity index (χ4n) is 3.30. The number of aliphatic imine (C=N–C) groups is 1. The average molecular weight is 484 g/mol. The SMILES string of the molecule is CC(O)CC(C)(C)O.CC1(C#N)CC1.CC1(C=O)CC1.CC1CC(C)(C)N=C(C2(C)CC2)O1.[OH3+]. The quantitative estimate of drug-likeness (QED) is 0.442. The zero-order chi connectivity index (χ0) is 25.7. The van der Waals surface area contributed by atoms with Crippen LogP contribution in [0.1, 0.15) is 114 Å². The first-order valence-electron chi connectivity index (χ1n) is 12.4. The van der Waals surface area contributed by atoms with Crippen molar-refractivity contribution in [1.82, 2.24) is 0 Å². The van der Waals surface area contributed by atoms with Crippen LogP contribution in [0.4, 0.5) is 0 Å². The van der Waals surface area contributed by atoms with Gasteiger partial charge in [0, 0.05) is 23.7 Å². The van der Waals surface area contributed by atoms with Gasteiger partial charge in [-0.25, -0.2) is 4.99 Å². The number of aliphatic hydroxyl groups excluding tert-OH is 1. The van der Waals surface area contributed by atoms with Crippen molar-refractivity contribution in [3.05, 3.63) is 0 Å². The third-order valence-electron chi connectivity index (χ3n) is 6.41. The van der Waals surface area contributed by atoms with Crippen molar-refractivity contribution in [3.63, 3.8) is 0 Å². The van der Waals surface area contributed by atoms with Gasteiger partial charge in [0.25, 0.3) is 0 Å². The molecule has 1 aliphatic heterocycles. The van der Waals surface area contributed by atoms with Gasteiger partial charge in [0.1, 0.15) is 6.29 Å². The van der Waals surface area contributed by atoms with Crippen LogP contribution < -0.4 is 0 Å². The summed E-state index contributed by atoms with van der Waals surface area (Å²) in [5.74, 6) is 1.01. The standard InChI is InChI=1S/C11H19NO.C6H14O2.C5H7N.C5H8O.H2O/c1-8-7-10(2,3)12-9(13-8)11(4)5-6-11;1-5(7)4-6(2,3)8;2*1-5(4-6)2-3-5;/h8H,5-7H2,1-4H3;5,7-8H,4H2,1-3H3;2-3H2,1H3;4H,2-3H2,1H3;1H2/p+1. The van der Waals surface area contributed by atoms with Crippen LogP contribution in [-0.2, 0) is 15.0 Å². The van der Waals surface area contributed by atoms with Crippen molar-refractivity contribution in [2.24, 2.45) is 21.2 Å². The highest BCUT2D eigenvalue weighted by Crippen LogP contribution is 2.48. The molecule has 7 nitrogen and oxygen atoms in total. The summed E-state index contributed by atoms with van der Waals surface area (Å²) in [6, 6.07) is 2.22. The molecule has 7 heteroatoms. The van der Waals surface area contributed by atoms with Crippen LogP contribution in [-0.4, -0.2) is 45.7 Å². The number of rotatable bonds is 4. The summed E-state index contributed by atoms with van der Waals surface area (Å²) in [5, 5.41) is 26.0. The van der Waals surface area contributed by atoms with Gasteiger partial charge in [0.15, 0.2) is 5.90 Å². The molecule has 3 aliphatic carbocycles. The molecule has 3 saturated carbocycles. The third kappa shape index (κ3) is 13.4. The summed E-state index contributed by atoms with van der Waals surface area (Å²) >= 11 is 0. The zero-order valence-electron chi connectivity index (χ0n) is 23.1. The lowest BCUT2D eigenvalue weighted by Gasteiger charge is -2.33. The summed E-state index contributed by atoms with van der Waals surface area (Å²) in [4.78, 5) is 14.6. The Balaban J connectivity index is 0.000000450. The molecule has 0 aromatic heterocycles. The molecular weight excluding hydrogens is 432 g/mol. The smallest absolute Gasteiger partial charge is 0.190 e. The zero-order valence-corrected chi connectivity index (χ0v) is 23.1. The second-order valence-electron chi connectivity index (χ2n) is 12.7. The van der Waals surface area contributed by atoms with Gasteiger partial charge in [-0.05, 0) is 87.0 Å². The molecule has 0 bridgehead atoms. The fraction of sp³-hybridized carbons (Fsp3) is 0.889. The number of hydrogen-bond donors (Lipinski definition) is 2. The van der Waals surface area contributed by atoms with E-state index in [1.807, 2.05) is 13.8 Å². The predicted octanol–water partition coefficient (Wildman–Crippen LogP) is 4.67. The molecule has 5 N–H and O–H groups in total. The summed E-state index contributed by atoms with van der Waals surface area (Å²) in [6.45, 7) is 17.8. The second-order valence-corrected chi connectivity index (χ2v) is 12.7. The van der Waals surface area contributed by atoms with E-state index in [4.69, 9.17) is 25.2 Å². The van der Waals surface area contributed by atoms with E-state index < -0.39 is 11.7 Å². The number of nitrogens with zero attached hydrogens (tertiary/aromatic N) is 2. The van der Waals surface area contributed by atoms with Crippen LogP contribution in [0.15, 0.2) is 4.99 Å². The van der Waals surface area contributed by atoms with E-state index >= 15 is 0 Å². The minimum Gasteiger partial charge on any atom is -0.477 e. The third-order valence-corrected chi connectivity index (χ3v) is 6.41. The van der Waals surface area contributed by atoms with Gasteiger partial charge in [-0.15, -0.1) is 0 Å². The molecule has 0 aromatic rings. The van der Waals surface area contributed by atoms with Crippen molar-refractivity contribution in [2.75, 3.05) is 0 Å². The van der Waals surface area contributed by atoms with Crippen molar-refractivity contribution < 1.29 is 25.2 Å². The second kappa shape index (κ2) is 12.0. The molecule has 0 amide bonds. The maximum atomic E-state index is 9.89. The first-order valence-corrected chi connectivity index (χ1v) is 12.4. The van der Waals surface area contributed by atoms with Gasteiger partial charge < -0.3 is 25.2 Å². The van der Waals surface area contributed by atoms with Gasteiger partial charge in [-0.1, -0.05) is 13.8 Å². The molecule has 34 heavy (non-hydrogen) atoms. The van der Waals surface area contributed by atoms with Gasteiger partial charge >= 0.3 is 0 Å². The Morgan fingerprint density at radius 2 is 1.65 bits per heavy atom. The molecule has 0 radical (unpaired) electrons. The minimum atomic E-state index is -0.728. The Morgan fingerprint density at radius 3 is 1.82 bits per heavy atom. The summed E-state index contributed by atoms with van der Waals surface area (Å²) in [7, 11) is 0. The van der Waals surface area contributed by atoms with Gasteiger partial charge in [-0.2, -0.15) is 5.26 Å². The molecule has 0 spiro atoms. The lowest BCUT2D eigenvalue weighted by molar-refractivity contribution is -0.111. The molecule has 1 heterocycles. The van der Waals surface area contributed by atoms with Crippen molar-refractivity contribution in [1.29, 1.82) is 5.26 Å². The number of carbonyl (C=O) groups is 1. The summed E-state index contributed by atoms with van der Waals surface area (Å²) < 4.78 is 5.80. The molecule has 4 rings (SSSR count). The molecule has 0 aromatic carbocycles. The highest BCUT2D eigenvalue weighted by Gasteiger charge is 2.47. The van der Waals surface area contributed by atoms with Crippen molar-refractivity contribution >= 4 is 12.2 Å². The minimum absolute atomic E-state index is 0. The molecule has 3 fully saturated rings. The van der Waals surface area contributed by atoms with Crippen LogP contribution >= 0.6 is 0 Å². The van der Waals surface area contributed by atoms with Crippen LogP contribution in [0.2, 0.25) is 0 Å². The summed E-state index contributed by atoms with van der Waals surface area (Å²) in [6.07, 6.45) is 9.38. The van der Waals surface area contributed by atoms with E-state index in [1.54, 1.807) is 20.8 Å². The highest BCUT2D eigenvalue weighted by atomic mass is 16.5. The van der Waals surface area contributed by atoms with E-state index in [2.05, 4.69) is 33.8 Å². The number of nitriles is 1. The van der Waals surface area contributed by atoms with Gasteiger partial charge in [0.2, 0.25) is 0 Å². The van der Waals surface area contributed by atoms with Crippen LogP contribution in [0, 0.1) is 27.6 Å². The Hall–Kier alpha value is -1.49. The number of aliphatic hydroxyl groups is 2. The average Bonchev–Trinajstić information content (AvgIpc) is 3.55. The lowest BCUT2D eigenvalue weighted by atomic mass is 9.95. The number of hydrogen-bond acceptors (Lipinski definition) is 6. The van der Waals surface area contributed by atoms with Crippen LogP contribution in [0.3, 0.4) is 0 Å². The normalized spacial score (nSPS) is 26.2. The first-order chi connectivity index (χ1) is 14.9. The Kier molecular flexibility index (Phi) is 11.4. The monoisotopic (exact) mass is 483 g/mol. The Bertz CT molecular complexity index is 718. The van der Waals surface area contributed by atoms with E-state index in [9.17, 15) is 4.79 Å². The van der Waals surface area contributed by atoms with E-state index in [0.29, 0.717) is 12.5 Å². The fourth-order valence-corrected chi connectivity index (χ4v) is 3.30. The van der Waals surface area contributed by atoms with E-state index in [-0.39, 0.29) is 27.3 Å². The van der Waals surface area contributed by atoms with Crippen molar-refractivity contribution in [2.45, 2.75) is 137 Å². The molecule has 198 valence electrons. The molecule has 4 aliphatic rings. The van der Waals surface area contributed by atoms with Crippen molar-refractivity contribution in [3.8, 4) is 6.07 Å². The first kappa shape index (κ1) is 32.5. The molecular formula is C27H51N2O5+. The van der Waals surface area contributed by atoms with Gasteiger partial charge in [-0.3, -0.25) is 0 Å². The Labute approximate surface area is 207 Å². The van der Waals surface area contributed by atoms with Gasteiger partial charge in [0.05, 0.1) is 34.8 Å². The van der Waals surface area contributed by atoms with Crippen LogP contribution in [0.5, 0.6) is 0 Å². The maximum Gasteiger partial charge on any atom is 0.190 e. The maximum absolute atomic E-state index is 9.89. The van der Waals surface area contributed by atoms with Crippen LogP contribution in [0.25, 0.3) is 0 Å². The highest BCUT2D eigenvalue weighted by molar-refractivity contribution is 5.85. The number of ether oxygens (including phenoxy) is 1. The number of carbonyl (C=O) groups excluding carboxylic acids is 1. The predicted molar refractivity (Wildman–Crippen MR) is 138 cm³/mol. The largest absolute Gasteiger partial charge is 0.477 e. The topological polar surface area (TPSA) is 136 Å². The molecule has 2 unspecified atom stereocenters. The molecule has 2 atom stereocenters. The van der Waals surface area contributed by atoms with E-state index in [0.717, 1.165) is 44.3 Å². The Morgan fingerprint density at radius 1 is 1.15 bits per heavy atom. The van der Waals surface area contributed by atoms with E-state index in [1.165, 1.54) is 12.8 Å². The number of aldehydes is 1. The summed E-state index contributed by atoms with van der Waals surface area (Å²) in [5.41, 5.74) is -0.154.